The third-order valence-electron chi connectivity index (χ3n) is 2.72. The van der Waals surface area contributed by atoms with E-state index < -0.39 is 0 Å². The van der Waals surface area contributed by atoms with Crippen LogP contribution in [0.2, 0.25) is 0 Å². The van der Waals surface area contributed by atoms with Crippen molar-refractivity contribution in [1.82, 2.24) is 15.3 Å². The molecule has 0 unspecified atom stereocenters. The fourth-order valence-corrected chi connectivity index (χ4v) is 1.64. The molecule has 7 heteroatoms. The van der Waals surface area contributed by atoms with E-state index in [4.69, 9.17) is 9.15 Å². The predicted molar refractivity (Wildman–Crippen MR) is 76.9 cm³/mol. The third-order valence-corrected chi connectivity index (χ3v) is 2.72. The molecule has 2 N–H and O–H groups in total. The highest BCUT2D eigenvalue weighted by molar-refractivity contribution is 5.91. The lowest BCUT2D eigenvalue weighted by atomic mass is 10.4. The molecule has 0 atom stereocenters. The number of carbonyl (C=O) groups excluding carboxylic acids is 1. The maximum Gasteiger partial charge on any atom is 0.271 e. The summed E-state index contributed by atoms with van der Waals surface area (Å²) in [6.07, 6.45) is 5.33. The SMILES string of the molecule is COCCCNC(=O)c1cnc(NCc2ccco2)cn1. The van der Waals surface area contributed by atoms with E-state index >= 15 is 0 Å². The Morgan fingerprint density at radius 3 is 2.95 bits per heavy atom. The van der Waals surface area contributed by atoms with Crippen molar-refractivity contribution in [2.45, 2.75) is 13.0 Å². The van der Waals surface area contributed by atoms with Crippen LogP contribution in [0.3, 0.4) is 0 Å². The average molecular weight is 290 g/mol. The summed E-state index contributed by atoms with van der Waals surface area (Å²) in [4.78, 5) is 20.0. The number of ether oxygens (including phenoxy) is 1. The summed E-state index contributed by atoms with van der Waals surface area (Å²) in [5, 5.41) is 5.81. The predicted octanol–water partition coefficient (Wildman–Crippen LogP) is 1.45. The second-order valence-electron chi connectivity index (χ2n) is 4.32. The number of hydrogen-bond donors (Lipinski definition) is 2. The Bertz CT molecular complexity index is 540. The molecule has 0 aliphatic heterocycles. The number of rotatable bonds is 8. The topological polar surface area (TPSA) is 89.3 Å². The molecular weight excluding hydrogens is 272 g/mol. The molecule has 0 saturated carbocycles. The van der Waals surface area contributed by atoms with Crippen molar-refractivity contribution in [3.05, 3.63) is 42.2 Å². The highest BCUT2D eigenvalue weighted by Gasteiger charge is 2.07. The molecule has 2 rings (SSSR count). The maximum absolute atomic E-state index is 11.8. The zero-order valence-corrected chi connectivity index (χ0v) is 11.8. The fraction of sp³-hybridized carbons (Fsp3) is 0.357. The smallest absolute Gasteiger partial charge is 0.271 e. The Morgan fingerprint density at radius 2 is 2.29 bits per heavy atom. The quantitative estimate of drug-likeness (QED) is 0.715. The van der Waals surface area contributed by atoms with Crippen molar-refractivity contribution in [2.75, 3.05) is 25.6 Å². The zero-order valence-electron chi connectivity index (χ0n) is 11.8. The highest BCUT2D eigenvalue weighted by atomic mass is 16.5. The van der Waals surface area contributed by atoms with Gasteiger partial charge in [-0.15, -0.1) is 0 Å². The molecular formula is C14H18N4O3. The number of amides is 1. The molecule has 2 heterocycles. The van der Waals surface area contributed by atoms with E-state index in [-0.39, 0.29) is 11.6 Å². The lowest BCUT2D eigenvalue weighted by Gasteiger charge is -2.06. The van der Waals surface area contributed by atoms with Crippen LogP contribution in [0.15, 0.2) is 35.2 Å². The van der Waals surface area contributed by atoms with Gasteiger partial charge in [0.2, 0.25) is 0 Å². The van der Waals surface area contributed by atoms with E-state index in [2.05, 4.69) is 20.6 Å². The molecule has 0 bridgehead atoms. The summed E-state index contributed by atoms with van der Waals surface area (Å²) < 4.78 is 10.1. The lowest BCUT2D eigenvalue weighted by Crippen LogP contribution is -2.26. The first-order valence-corrected chi connectivity index (χ1v) is 6.65. The van der Waals surface area contributed by atoms with Gasteiger partial charge in [0.05, 0.1) is 25.2 Å². The third kappa shape index (κ3) is 4.88. The van der Waals surface area contributed by atoms with Crippen LogP contribution in [0.1, 0.15) is 22.7 Å². The van der Waals surface area contributed by atoms with Crippen molar-refractivity contribution in [3.63, 3.8) is 0 Å². The average Bonchev–Trinajstić information content (AvgIpc) is 3.03. The molecule has 2 aromatic rings. The Labute approximate surface area is 122 Å². The van der Waals surface area contributed by atoms with Crippen LogP contribution in [0.5, 0.6) is 0 Å². The standard InChI is InChI=1S/C14H18N4O3/c1-20-6-3-5-15-14(19)12-9-18-13(10-16-12)17-8-11-4-2-7-21-11/h2,4,7,9-10H,3,5-6,8H2,1H3,(H,15,19)(H,17,18). The van der Waals surface area contributed by atoms with Gasteiger partial charge in [0.1, 0.15) is 17.3 Å². The van der Waals surface area contributed by atoms with Crippen molar-refractivity contribution in [1.29, 1.82) is 0 Å². The van der Waals surface area contributed by atoms with Gasteiger partial charge in [0.15, 0.2) is 0 Å². The van der Waals surface area contributed by atoms with E-state index in [0.717, 1.165) is 12.2 Å². The van der Waals surface area contributed by atoms with Crippen molar-refractivity contribution in [3.8, 4) is 0 Å². The Kier molecular flexibility index (Phi) is 5.71. The Morgan fingerprint density at radius 1 is 1.38 bits per heavy atom. The molecule has 0 fully saturated rings. The first-order chi connectivity index (χ1) is 10.3. The Balaban J connectivity index is 1.79. The maximum atomic E-state index is 11.8. The number of methoxy groups -OCH3 is 1. The van der Waals surface area contributed by atoms with Crippen LogP contribution in [-0.2, 0) is 11.3 Å². The second-order valence-corrected chi connectivity index (χ2v) is 4.32. The first-order valence-electron chi connectivity index (χ1n) is 6.65. The monoisotopic (exact) mass is 290 g/mol. The number of hydrogen-bond acceptors (Lipinski definition) is 6. The molecule has 21 heavy (non-hydrogen) atoms. The number of aromatic nitrogens is 2. The summed E-state index contributed by atoms with van der Waals surface area (Å²) in [6, 6.07) is 3.68. The van der Waals surface area contributed by atoms with Crippen molar-refractivity contribution >= 4 is 11.7 Å². The molecule has 0 spiro atoms. The van der Waals surface area contributed by atoms with E-state index in [1.165, 1.54) is 12.4 Å². The summed E-state index contributed by atoms with van der Waals surface area (Å²) in [5.41, 5.74) is 0.288. The minimum Gasteiger partial charge on any atom is -0.467 e. The highest BCUT2D eigenvalue weighted by Crippen LogP contribution is 2.05. The normalized spacial score (nSPS) is 10.3. The van der Waals surface area contributed by atoms with Gasteiger partial charge in [0, 0.05) is 20.3 Å². The van der Waals surface area contributed by atoms with Gasteiger partial charge in [-0.05, 0) is 18.6 Å². The number of carbonyl (C=O) groups is 1. The molecule has 112 valence electrons. The summed E-state index contributed by atoms with van der Waals surface area (Å²) in [6.45, 7) is 1.68. The molecule has 0 radical (unpaired) electrons. The van der Waals surface area contributed by atoms with Crippen LogP contribution in [0, 0.1) is 0 Å². The van der Waals surface area contributed by atoms with Gasteiger partial charge < -0.3 is 19.8 Å². The fourth-order valence-electron chi connectivity index (χ4n) is 1.64. The molecule has 7 nitrogen and oxygen atoms in total. The van der Waals surface area contributed by atoms with Gasteiger partial charge in [-0.3, -0.25) is 4.79 Å². The lowest BCUT2D eigenvalue weighted by molar-refractivity contribution is 0.0943. The van der Waals surface area contributed by atoms with E-state index in [9.17, 15) is 4.79 Å². The number of furan rings is 1. The van der Waals surface area contributed by atoms with Gasteiger partial charge in [-0.25, -0.2) is 9.97 Å². The Hall–Kier alpha value is -2.41. The van der Waals surface area contributed by atoms with E-state index in [0.29, 0.717) is 25.5 Å². The summed E-state index contributed by atoms with van der Waals surface area (Å²) in [5.74, 6) is 1.15. The molecule has 0 aliphatic carbocycles. The second kappa shape index (κ2) is 8.01. The molecule has 2 aromatic heterocycles. The minimum atomic E-state index is -0.240. The van der Waals surface area contributed by atoms with Gasteiger partial charge in [0.25, 0.3) is 5.91 Å². The van der Waals surface area contributed by atoms with Gasteiger partial charge >= 0.3 is 0 Å². The molecule has 0 aromatic carbocycles. The van der Waals surface area contributed by atoms with Crippen LogP contribution in [0.4, 0.5) is 5.82 Å². The number of nitrogens with zero attached hydrogens (tertiary/aromatic N) is 2. The van der Waals surface area contributed by atoms with Gasteiger partial charge in [-0.2, -0.15) is 0 Å². The molecule has 1 amide bonds. The summed E-state index contributed by atoms with van der Waals surface area (Å²) in [7, 11) is 1.63. The first kappa shape index (κ1) is 15.0. The van der Waals surface area contributed by atoms with Crippen molar-refractivity contribution in [2.24, 2.45) is 0 Å². The number of nitrogens with one attached hydrogen (secondary N) is 2. The largest absolute Gasteiger partial charge is 0.467 e. The van der Waals surface area contributed by atoms with Crippen LogP contribution < -0.4 is 10.6 Å². The van der Waals surface area contributed by atoms with Crippen molar-refractivity contribution < 1.29 is 13.9 Å². The van der Waals surface area contributed by atoms with Crippen LogP contribution in [0.25, 0.3) is 0 Å². The van der Waals surface area contributed by atoms with Crippen LogP contribution >= 0.6 is 0 Å². The molecule has 0 saturated heterocycles. The molecule has 0 aliphatic rings. The minimum absolute atomic E-state index is 0.240. The van der Waals surface area contributed by atoms with E-state index in [1.807, 2.05) is 12.1 Å². The van der Waals surface area contributed by atoms with E-state index in [1.54, 1.807) is 13.4 Å². The number of anilines is 1. The van der Waals surface area contributed by atoms with Crippen LogP contribution in [-0.4, -0.2) is 36.1 Å². The zero-order chi connectivity index (χ0) is 14.9. The summed E-state index contributed by atoms with van der Waals surface area (Å²) >= 11 is 0. The van der Waals surface area contributed by atoms with Gasteiger partial charge in [-0.1, -0.05) is 0 Å².